The number of amides is 1. The minimum absolute atomic E-state index is 0.123. The van der Waals surface area contributed by atoms with E-state index in [-0.39, 0.29) is 22.0 Å². The first-order valence-electron chi connectivity index (χ1n) is 11.2. The molecule has 0 atom stereocenters. The number of ether oxygens (including phenoxy) is 3. The molecule has 1 amide bonds. The minimum atomic E-state index is -3.82. The van der Waals surface area contributed by atoms with E-state index in [2.05, 4.69) is 5.32 Å². The lowest BCUT2D eigenvalue weighted by atomic mass is 10.0. The highest BCUT2D eigenvalue weighted by Crippen LogP contribution is 2.36. The second kappa shape index (κ2) is 10.3. The Balaban J connectivity index is 1.63. The van der Waals surface area contributed by atoms with Gasteiger partial charge in [-0.15, -0.1) is 0 Å². The first-order chi connectivity index (χ1) is 17.7. The number of methoxy groups -OCH3 is 3. The molecule has 0 spiro atoms. The molecule has 194 valence electrons. The number of nitrogens with zero attached hydrogens (tertiary/aromatic N) is 2. The number of hydrogen-bond acceptors (Lipinski definition) is 8. The van der Waals surface area contributed by atoms with Gasteiger partial charge in [0.25, 0.3) is 21.6 Å². The van der Waals surface area contributed by atoms with Crippen molar-refractivity contribution >= 4 is 33.0 Å². The first-order valence-corrected chi connectivity index (χ1v) is 12.6. The smallest absolute Gasteiger partial charge is 0.286 e. The van der Waals surface area contributed by atoms with E-state index in [1.807, 2.05) is 0 Å². The molecule has 0 aromatic heterocycles. The maximum atomic E-state index is 13.3. The van der Waals surface area contributed by atoms with Crippen LogP contribution in [0.3, 0.4) is 0 Å². The number of benzene rings is 3. The van der Waals surface area contributed by atoms with Gasteiger partial charge >= 0.3 is 0 Å². The van der Waals surface area contributed by atoms with Crippen molar-refractivity contribution in [2.45, 2.75) is 17.7 Å². The fourth-order valence-corrected chi connectivity index (χ4v) is 5.71. The lowest BCUT2D eigenvalue weighted by molar-refractivity contribution is -0.385. The van der Waals surface area contributed by atoms with E-state index in [4.69, 9.17) is 14.2 Å². The molecule has 1 heterocycles. The second-order valence-electron chi connectivity index (χ2n) is 8.14. The normalized spacial score (nSPS) is 12.9. The molecule has 0 unspecified atom stereocenters. The van der Waals surface area contributed by atoms with Crippen LogP contribution in [-0.2, 0) is 16.4 Å². The van der Waals surface area contributed by atoms with E-state index in [0.717, 1.165) is 11.6 Å². The van der Waals surface area contributed by atoms with Gasteiger partial charge in [-0.25, -0.2) is 8.42 Å². The van der Waals surface area contributed by atoms with E-state index >= 15 is 0 Å². The van der Waals surface area contributed by atoms with Crippen LogP contribution in [0.5, 0.6) is 17.2 Å². The Hall–Kier alpha value is -4.32. The molecule has 0 saturated heterocycles. The number of sulfonamides is 1. The first kappa shape index (κ1) is 25.8. The van der Waals surface area contributed by atoms with Gasteiger partial charge in [-0.3, -0.25) is 19.2 Å². The predicted molar refractivity (Wildman–Crippen MR) is 136 cm³/mol. The van der Waals surface area contributed by atoms with Gasteiger partial charge in [-0.2, -0.15) is 0 Å². The van der Waals surface area contributed by atoms with Crippen molar-refractivity contribution in [2.75, 3.05) is 37.5 Å². The third-order valence-corrected chi connectivity index (χ3v) is 7.83. The van der Waals surface area contributed by atoms with Gasteiger partial charge in [0, 0.05) is 18.3 Å². The molecule has 12 heteroatoms. The molecule has 0 fully saturated rings. The Morgan fingerprint density at radius 1 is 0.973 bits per heavy atom. The summed E-state index contributed by atoms with van der Waals surface area (Å²) in [7, 11) is 0.387. The Kier molecular flexibility index (Phi) is 7.21. The number of nitro groups is 1. The third kappa shape index (κ3) is 5.00. The van der Waals surface area contributed by atoms with Crippen LogP contribution >= 0.6 is 0 Å². The highest BCUT2D eigenvalue weighted by molar-refractivity contribution is 7.92. The van der Waals surface area contributed by atoms with Gasteiger partial charge < -0.3 is 19.5 Å². The van der Waals surface area contributed by atoms with Crippen LogP contribution in [-0.4, -0.2) is 47.1 Å². The molecular formula is C25H25N3O8S. The zero-order chi connectivity index (χ0) is 26.7. The lowest BCUT2D eigenvalue weighted by Crippen LogP contribution is -2.35. The number of carbonyl (C=O) groups excluding carboxylic acids is 1. The number of nitrogens with one attached hydrogen (secondary N) is 1. The van der Waals surface area contributed by atoms with E-state index in [9.17, 15) is 23.3 Å². The quantitative estimate of drug-likeness (QED) is 0.343. The van der Waals surface area contributed by atoms with E-state index < -0.39 is 26.5 Å². The maximum absolute atomic E-state index is 13.3. The number of fused-ring (bicyclic) bond motifs is 1. The Morgan fingerprint density at radius 3 is 2.27 bits per heavy atom. The fourth-order valence-electron chi connectivity index (χ4n) is 4.16. The molecule has 1 N–H and O–H groups in total. The average molecular weight is 528 g/mol. The molecule has 0 bridgehead atoms. The largest absolute Gasteiger partial charge is 0.497 e. The molecule has 0 aliphatic carbocycles. The van der Waals surface area contributed by atoms with Gasteiger partial charge in [0.15, 0.2) is 11.5 Å². The summed E-state index contributed by atoms with van der Waals surface area (Å²) >= 11 is 0. The topological polar surface area (TPSA) is 137 Å². The summed E-state index contributed by atoms with van der Waals surface area (Å²) in [5.41, 5.74) is 0.964. The van der Waals surface area contributed by atoms with Crippen LogP contribution in [0.2, 0.25) is 0 Å². The molecule has 0 radical (unpaired) electrons. The lowest BCUT2D eigenvalue weighted by Gasteiger charge is -2.31. The molecule has 11 nitrogen and oxygen atoms in total. The summed E-state index contributed by atoms with van der Waals surface area (Å²) in [5, 5.41) is 14.2. The second-order valence-corrected chi connectivity index (χ2v) is 10.00. The molecule has 0 saturated carbocycles. The molecule has 1 aliphatic heterocycles. The Labute approximate surface area is 213 Å². The molecule has 4 rings (SSSR count). The van der Waals surface area contributed by atoms with Gasteiger partial charge in [0.2, 0.25) is 0 Å². The molecule has 3 aromatic rings. The summed E-state index contributed by atoms with van der Waals surface area (Å²) in [6.07, 6.45) is 1.19. The number of hydrogen-bond donors (Lipinski definition) is 1. The minimum Gasteiger partial charge on any atom is -0.497 e. The number of nitro benzene ring substituents is 1. The highest BCUT2D eigenvalue weighted by atomic mass is 32.2. The van der Waals surface area contributed by atoms with Crippen LogP contribution in [0, 0.1) is 10.1 Å². The van der Waals surface area contributed by atoms with Crippen molar-refractivity contribution in [3.05, 3.63) is 75.8 Å². The van der Waals surface area contributed by atoms with Gasteiger partial charge in [0.1, 0.15) is 11.3 Å². The Morgan fingerprint density at radius 2 is 1.65 bits per heavy atom. The SMILES string of the molecule is COc1ccc(S(=O)(=O)N2CCCc3cc(NC(=O)c4cc(OC)c(OC)cc4[N+](=O)[O-])ccc32)cc1. The standard InChI is InChI=1S/C25H25N3O8S/c1-34-18-7-9-19(10-8-18)37(32,33)27-12-4-5-16-13-17(6-11-21(16)27)26-25(29)20-14-23(35-2)24(36-3)15-22(20)28(30)31/h6-11,13-15H,4-5,12H2,1-3H3,(H,26,29). The van der Waals surface area contributed by atoms with Crippen molar-refractivity contribution in [1.82, 2.24) is 0 Å². The van der Waals surface area contributed by atoms with E-state index in [0.29, 0.717) is 36.5 Å². The Bertz CT molecular complexity index is 1460. The monoisotopic (exact) mass is 527 g/mol. The van der Waals surface area contributed by atoms with Gasteiger partial charge in [-0.1, -0.05) is 0 Å². The van der Waals surface area contributed by atoms with Gasteiger partial charge in [0.05, 0.1) is 42.9 Å². The third-order valence-electron chi connectivity index (χ3n) is 6.00. The molecular weight excluding hydrogens is 502 g/mol. The zero-order valence-corrected chi connectivity index (χ0v) is 21.2. The van der Waals surface area contributed by atoms with Crippen molar-refractivity contribution in [2.24, 2.45) is 0 Å². The predicted octanol–water partition coefficient (Wildman–Crippen LogP) is 4.01. The number of rotatable bonds is 8. The van der Waals surface area contributed by atoms with Crippen molar-refractivity contribution in [3.8, 4) is 17.2 Å². The summed E-state index contributed by atoms with van der Waals surface area (Å²) in [6, 6.07) is 13.4. The van der Waals surface area contributed by atoms with Crippen molar-refractivity contribution in [1.29, 1.82) is 0 Å². The van der Waals surface area contributed by atoms with Crippen LogP contribution in [0.15, 0.2) is 59.5 Å². The summed E-state index contributed by atoms with van der Waals surface area (Å²) in [6.45, 7) is 0.310. The van der Waals surface area contributed by atoms with Crippen LogP contribution in [0.4, 0.5) is 17.1 Å². The van der Waals surface area contributed by atoms with Crippen LogP contribution in [0.1, 0.15) is 22.3 Å². The molecule has 37 heavy (non-hydrogen) atoms. The highest BCUT2D eigenvalue weighted by Gasteiger charge is 2.30. The molecule has 1 aliphatic rings. The molecule has 3 aromatic carbocycles. The van der Waals surface area contributed by atoms with Crippen molar-refractivity contribution < 1.29 is 32.3 Å². The summed E-state index contributed by atoms with van der Waals surface area (Å²) in [4.78, 5) is 24.1. The van der Waals surface area contributed by atoms with Crippen LogP contribution < -0.4 is 23.8 Å². The van der Waals surface area contributed by atoms with Crippen LogP contribution in [0.25, 0.3) is 0 Å². The van der Waals surface area contributed by atoms with Crippen molar-refractivity contribution in [3.63, 3.8) is 0 Å². The van der Waals surface area contributed by atoms with E-state index in [1.165, 1.54) is 43.8 Å². The van der Waals surface area contributed by atoms with Gasteiger partial charge in [-0.05, 0) is 60.9 Å². The zero-order valence-electron chi connectivity index (χ0n) is 20.4. The van der Waals surface area contributed by atoms with E-state index in [1.54, 1.807) is 30.3 Å². The number of carbonyl (C=O) groups is 1. The number of anilines is 2. The summed E-state index contributed by atoms with van der Waals surface area (Å²) < 4.78 is 43.4. The summed E-state index contributed by atoms with van der Waals surface area (Å²) in [5.74, 6) is 0.125. The fraction of sp³-hybridized carbons (Fsp3) is 0.240. The number of aryl methyl sites for hydroxylation is 1. The average Bonchev–Trinajstić information content (AvgIpc) is 2.91. The maximum Gasteiger partial charge on any atom is 0.286 e.